The molecule has 0 radical (unpaired) electrons. The van der Waals surface area contributed by atoms with Gasteiger partial charge in [-0.1, -0.05) is 39.5 Å². The van der Waals surface area contributed by atoms with Crippen LogP contribution in [0.25, 0.3) is 0 Å². The lowest BCUT2D eigenvalue weighted by atomic mass is 10.0. The van der Waals surface area contributed by atoms with Crippen molar-refractivity contribution in [3.05, 3.63) is 0 Å². The van der Waals surface area contributed by atoms with Crippen molar-refractivity contribution in [3.8, 4) is 0 Å². The van der Waals surface area contributed by atoms with Gasteiger partial charge in [0.2, 0.25) is 0 Å². The Morgan fingerprint density at radius 1 is 0.667 bits per heavy atom. The highest BCUT2D eigenvalue weighted by Gasteiger charge is 2.28. The first-order chi connectivity index (χ1) is 8.33. The van der Waals surface area contributed by atoms with Crippen molar-refractivity contribution in [2.24, 2.45) is 0 Å². The predicted molar refractivity (Wildman–Crippen MR) is 77.2 cm³/mol. The molecule has 1 aliphatic heterocycles. The zero-order valence-electron chi connectivity index (χ0n) is 12.7. The molecule has 0 unspecified atom stereocenters. The predicted octanol–water partition coefficient (Wildman–Crippen LogP) is 1.76. The van der Waals surface area contributed by atoms with Crippen LogP contribution in [0.4, 0.5) is 0 Å². The molecule has 2 heteroatoms. The van der Waals surface area contributed by atoms with Crippen molar-refractivity contribution in [3.63, 3.8) is 0 Å². The van der Waals surface area contributed by atoms with Crippen LogP contribution in [0.3, 0.4) is 0 Å². The smallest absolute Gasteiger partial charge is 0.0786 e. The Morgan fingerprint density at radius 3 is 1.83 bits per heavy atom. The summed E-state index contributed by atoms with van der Waals surface area (Å²) in [6, 6.07) is 0. The molecule has 0 aliphatic carbocycles. The van der Waals surface area contributed by atoms with Gasteiger partial charge in [-0.15, -0.1) is 0 Å². The van der Waals surface area contributed by atoms with Crippen LogP contribution < -0.4 is 4.70 Å². The van der Waals surface area contributed by atoms with Gasteiger partial charge in [0, 0.05) is 0 Å². The number of likely N-dealkylation sites (tertiary alicyclic amines) is 1. The summed E-state index contributed by atoms with van der Waals surface area (Å²) in [5.41, 5.74) is 0. The van der Waals surface area contributed by atoms with E-state index in [-0.39, 0.29) is 4.70 Å². The van der Waals surface area contributed by atoms with Crippen molar-refractivity contribution in [1.29, 1.82) is 0 Å². The van der Waals surface area contributed by atoms with E-state index in [0.29, 0.717) is 0 Å². The minimum atomic E-state index is 0. The molecule has 0 aromatic rings. The molecule has 0 amide bonds. The van der Waals surface area contributed by atoms with Gasteiger partial charge in [0.05, 0.1) is 26.2 Å². The molecule has 0 atom stereocenters. The van der Waals surface area contributed by atoms with E-state index < -0.39 is 0 Å². The van der Waals surface area contributed by atoms with Gasteiger partial charge in [-0.05, 0) is 38.5 Å². The maximum atomic E-state index is 2.34. The van der Waals surface area contributed by atoms with E-state index in [1.807, 2.05) is 0 Å². The fraction of sp³-hybridized carbons (Fsp3) is 1.00. The number of nitrogens with zero attached hydrogens (tertiary/aromatic N) is 1. The summed E-state index contributed by atoms with van der Waals surface area (Å²) in [7, 11) is 0. The molecule has 0 saturated carbocycles. The average Bonchev–Trinajstić information content (AvgIpc) is 2.37. The molecule has 1 fully saturated rings. The van der Waals surface area contributed by atoms with Crippen LogP contribution in [0.2, 0.25) is 0 Å². The van der Waals surface area contributed by atoms with E-state index in [4.69, 9.17) is 0 Å². The molecule has 1 heterocycles. The molecule has 18 heavy (non-hydrogen) atoms. The average molecular weight is 259 g/mol. The second-order valence-corrected chi connectivity index (χ2v) is 6.06. The third-order valence-electron chi connectivity index (χ3n) is 4.49. The van der Waals surface area contributed by atoms with E-state index in [1.165, 1.54) is 94.9 Å². The van der Waals surface area contributed by atoms with Crippen molar-refractivity contribution in [2.75, 3.05) is 26.2 Å². The van der Waals surface area contributed by atoms with Crippen LogP contribution in [-0.2, 0) is 0 Å². The lowest BCUT2D eigenvalue weighted by Gasteiger charge is -2.42. The third kappa shape index (κ3) is 6.72. The van der Waals surface area contributed by atoms with Crippen LogP contribution in [-0.4, -0.2) is 30.7 Å². The molecule has 110 valence electrons. The standard InChI is InChI=1S/C16H34N.FH/c1-3-5-7-8-10-14-17(13-6-4-2)15-11-9-12-16-17;/h3-16H2,1-2H3;1H/q+1;/p-1. The van der Waals surface area contributed by atoms with Crippen LogP contribution in [0.1, 0.15) is 78.1 Å². The number of quaternary nitrogens is 1. The van der Waals surface area contributed by atoms with E-state index in [9.17, 15) is 0 Å². The fourth-order valence-electron chi connectivity index (χ4n) is 3.29. The summed E-state index contributed by atoms with van der Waals surface area (Å²) in [6.45, 7) is 10.5. The Bertz CT molecular complexity index is 176. The molecular formula is C16H34FN. The topological polar surface area (TPSA) is 0 Å². The summed E-state index contributed by atoms with van der Waals surface area (Å²) >= 11 is 0. The lowest BCUT2D eigenvalue weighted by Crippen LogP contribution is -3.00. The maximum absolute atomic E-state index is 2.34. The minimum Gasteiger partial charge on any atom is -1.00 e. The van der Waals surface area contributed by atoms with Gasteiger partial charge in [-0.3, -0.25) is 0 Å². The molecule has 1 aliphatic rings. The molecule has 0 spiro atoms. The summed E-state index contributed by atoms with van der Waals surface area (Å²) in [5, 5.41) is 0. The SMILES string of the molecule is CCCCCCC[N+]1(CCCC)CCCCC1.[F-]. The maximum Gasteiger partial charge on any atom is 0.0786 e. The first-order valence-electron chi connectivity index (χ1n) is 8.18. The second-order valence-electron chi connectivity index (χ2n) is 6.06. The minimum absolute atomic E-state index is 0. The van der Waals surface area contributed by atoms with E-state index in [2.05, 4.69) is 13.8 Å². The van der Waals surface area contributed by atoms with Crippen LogP contribution in [0.5, 0.6) is 0 Å². The van der Waals surface area contributed by atoms with Crippen molar-refractivity contribution < 1.29 is 9.19 Å². The second kappa shape index (κ2) is 10.8. The van der Waals surface area contributed by atoms with Gasteiger partial charge >= 0.3 is 0 Å². The van der Waals surface area contributed by atoms with Gasteiger partial charge in [0.1, 0.15) is 0 Å². The summed E-state index contributed by atoms with van der Waals surface area (Å²) < 4.78 is 1.47. The number of hydrogen-bond donors (Lipinski definition) is 0. The molecule has 0 aromatic carbocycles. The summed E-state index contributed by atoms with van der Waals surface area (Å²) in [5.74, 6) is 0. The Morgan fingerprint density at radius 2 is 1.22 bits per heavy atom. The monoisotopic (exact) mass is 259 g/mol. The van der Waals surface area contributed by atoms with Crippen molar-refractivity contribution in [2.45, 2.75) is 78.1 Å². The summed E-state index contributed by atoms with van der Waals surface area (Å²) in [6.07, 6.45) is 14.5. The highest BCUT2D eigenvalue weighted by Crippen LogP contribution is 2.21. The quantitative estimate of drug-likeness (QED) is 0.437. The van der Waals surface area contributed by atoms with E-state index >= 15 is 0 Å². The zero-order valence-corrected chi connectivity index (χ0v) is 12.7. The largest absolute Gasteiger partial charge is 1.00 e. The van der Waals surface area contributed by atoms with Crippen LogP contribution in [0.15, 0.2) is 0 Å². The Kier molecular flexibility index (Phi) is 10.7. The Labute approximate surface area is 114 Å². The molecule has 0 aromatic heterocycles. The van der Waals surface area contributed by atoms with Crippen LogP contribution >= 0.6 is 0 Å². The zero-order chi connectivity index (χ0) is 12.4. The molecular weight excluding hydrogens is 225 g/mol. The molecule has 1 rings (SSSR count). The number of halogens is 1. The van der Waals surface area contributed by atoms with Crippen molar-refractivity contribution >= 4 is 0 Å². The molecule has 1 saturated heterocycles. The van der Waals surface area contributed by atoms with Gasteiger partial charge in [-0.25, -0.2) is 0 Å². The normalized spacial score (nSPS) is 18.3. The first kappa shape index (κ1) is 17.9. The number of hydrogen-bond acceptors (Lipinski definition) is 0. The van der Waals surface area contributed by atoms with E-state index in [0.717, 1.165) is 0 Å². The Hall–Kier alpha value is -0.110. The molecule has 1 nitrogen and oxygen atoms in total. The number of piperidine rings is 1. The van der Waals surface area contributed by atoms with Gasteiger partial charge in [-0.2, -0.15) is 0 Å². The highest BCUT2D eigenvalue weighted by molar-refractivity contribution is 4.55. The van der Waals surface area contributed by atoms with Gasteiger partial charge in [0.25, 0.3) is 0 Å². The lowest BCUT2D eigenvalue weighted by molar-refractivity contribution is -0.932. The van der Waals surface area contributed by atoms with Crippen LogP contribution in [0, 0.1) is 0 Å². The highest BCUT2D eigenvalue weighted by atomic mass is 19.0. The number of rotatable bonds is 9. The van der Waals surface area contributed by atoms with Gasteiger partial charge < -0.3 is 9.19 Å². The molecule has 0 bridgehead atoms. The first-order valence-corrected chi connectivity index (χ1v) is 8.18. The Balaban J connectivity index is 0.00000289. The number of unbranched alkanes of at least 4 members (excludes halogenated alkanes) is 5. The fourth-order valence-corrected chi connectivity index (χ4v) is 3.29. The molecule has 0 N–H and O–H groups in total. The van der Waals surface area contributed by atoms with E-state index in [1.54, 1.807) is 0 Å². The third-order valence-corrected chi connectivity index (χ3v) is 4.49. The summed E-state index contributed by atoms with van der Waals surface area (Å²) in [4.78, 5) is 0. The van der Waals surface area contributed by atoms with Gasteiger partial charge in [0.15, 0.2) is 0 Å². The van der Waals surface area contributed by atoms with Crippen molar-refractivity contribution in [1.82, 2.24) is 0 Å².